The van der Waals surface area contributed by atoms with Crippen molar-refractivity contribution >= 4 is 34.1 Å². The van der Waals surface area contributed by atoms with E-state index in [4.69, 9.17) is 37.9 Å². The van der Waals surface area contributed by atoms with E-state index in [0.717, 1.165) is 0 Å². The van der Waals surface area contributed by atoms with Crippen LogP contribution < -0.4 is 9.47 Å². The average Bonchev–Trinajstić information content (AvgIpc) is 2.38. The van der Waals surface area contributed by atoms with Crippen LogP contribution in [0.2, 0.25) is 10.0 Å². The fourth-order valence-electron chi connectivity index (χ4n) is 1.68. The van der Waals surface area contributed by atoms with E-state index in [1.54, 1.807) is 6.07 Å². The summed E-state index contributed by atoms with van der Waals surface area (Å²) in [7, 11) is 2.98. The van der Waals surface area contributed by atoms with Crippen LogP contribution >= 0.6 is 23.2 Å². The number of hydrogen-bond acceptors (Lipinski definition) is 4. The number of nitrogens with zero attached hydrogens (tertiary/aromatic N) is 2. The van der Waals surface area contributed by atoms with E-state index in [1.165, 1.54) is 20.4 Å². The van der Waals surface area contributed by atoms with Crippen molar-refractivity contribution in [3.63, 3.8) is 0 Å². The van der Waals surface area contributed by atoms with Crippen LogP contribution in [0, 0.1) is 11.3 Å². The van der Waals surface area contributed by atoms with Gasteiger partial charge in [-0.2, -0.15) is 5.26 Å². The molecule has 6 heteroatoms. The van der Waals surface area contributed by atoms with Crippen LogP contribution in [0.5, 0.6) is 11.5 Å². The van der Waals surface area contributed by atoms with Gasteiger partial charge in [-0.15, -0.1) is 0 Å². The Bertz CT molecular complexity index is 660. The second-order valence-corrected chi connectivity index (χ2v) is 4.20. The third-order valence-corrected chi connectivity index (χ3v) is 3.17. The first kappa shape index (κ1) is 12.7. The van der Waals surface area contributed by atoms with Crippen LogP contribution in [0.25, 0.3) is 10.9 Å². The molecular weight excluding hydrogens is 275 g/mol. The SMILES string of the molecule is COc1cc(Cl)c(OC)c2c(Cl)c(C#N)cnc12. The van der Waals surface area contributed by atoms with Crippen molar-refractivity contribution in [1.82, 2.24) is 4.98 Å². The second-order valence-electron chi connectivity index (χ2n) is 3.42. The predicted molar refractivity (Wildman–Crippen MR) is 69.6 cm³/mol. The minimum absolute atomic E-state index is 0.250. The molecular formula is C12H8Cl2N2O2. The fourth-order valence-corrected chi connectivity index (χ4v) is 2.22. The van der Waals surface area contributed by atoms with E-state index in [1.807, 2.05) is 6.07 Å². The van der Waals surface area contributed by atoms with Gasteiger partial charge in [0.15, 0.2) is 0 Å². The molecule has 1 aromatic heterocycles. The lowest BCUT2D eigenvalue weighted by atomic mass is 10.1. The predicted octanol–water partition coefficient (Wildman–Crippen LogP) is 3.43. The van der Waals surface area contributed by atoms with Crippen LogP contribution in [0.3, 0.4) is 0 Å². The van der Waals surface area contributed by atoms with E-state index in [2.05, 4.69) is 4.98 Å². The van der Waals surface area contributed by atoms with Gasteiger partial charge in [0.25, 0.3) is 0 Å². The van der Waals surface area contributed by atoms with Gasteiger partial charge in [0.2, 0.25) is 0 Å². The largest absolute Gasteiger partial charge is 0.494 e. The summed E-state index contributed by atoms with van der Waals surface area (Å²) in [4.78, 5) is 4.16. The molecule has 18 heavy (non-hydrogen) atoms. The van der Waals surface area contributed by atoms with E-state index < -0.39 is 0 Å². The topological polar surface area (TPSA) is 55.1 Å². The number of rotatable bonds is 2. The summed E-state index contributed by atoms with van der Waals surface area (Å²) in [5.41, 5.74) is 0.759. The van der Waals surface area contributed by atoms with Crippen molar-refractivity contribution in [2.24, 2.45) is 0 Å². The second kappa shape index (κ2) is 4.89. The Kier molecular flexibility index (Phi) is 3.46. The first-order chi connectivity index (χ1) is 8.63. The normalized spacial score (nSPS) is 10.2. The first-order valence-electron chi connectivity index (χ1n) is 4.92. The highest BCUT2D eigenvalue weighted by atomic mass is 35.5. The minimum atomic E-state index is 0.250. The molecule has 0 aliphatic heterocycles. The molecule has 2 aromatic rings. The van der Waals surface area contributed by atoms with Gasteiger partial charge in [-0.25, -0.2) is 0 Å². The van der Waals surface area contributed by atoms with Crippen LogP contribution in [0.15, 0.2) is 12.3 Å². The number of benzene rings is 1. The maximum atomic E-state index is 8.96. The van der Waals surface area contributed by atoms with E-state index in [9.17, 15) is 0 Å². The summed E-state index contributed by atoms with van der Waals surface area (Å²) < 4.78 is 10.4. The highest BCUT2D eigenvalue weighted by Crippen LogP contribution is 2.42. The van der Waals surface area contributed by atoms with Crippen LogP contribution in [0.4, 0.5) is 0 Å². The highest BCUT2D eigenvalue weighted by Gasteiger charge is 2.18. The fraction of sp³-hybridized carbons (Fsp3) is 0.167. The van der Waals surface area contributed by atoms with Crippen LogP contribution in [-0.4, -0.2) is 19.2 Å². The number of fused-ring (bicyclic) bond motifs is 1. The van der Waals surface area contributed by atoms with Crippen molar-refractivity contribution in [1.29, 1.82) is 5.26 Å². The molecule has 0 unspecified atom stereocenters. The van der Waals surface area contributed by atoms with E-state index >= 15 is 0 Å². The maximum absolute atomic E-state index is 8.96. The summed E-state index contributed by atoms with van der Waals surface area (Å²) in [5.74, 6) is 0.851. The molecule has 0 saturated carbocycles. The molecule has 0 aliphatic rings. The molecule has 0 saturated heterocycles. The van der Waals surface area contributed by atoms with Crippen molar-refractivity contribution in [2.75, 3.05) is 14.2 Å². The molecule has 1 heterocycles. The van der Waals surface area contributed by atoms with Crippen molar-refractivity contribution in [3.8, 4) is 17.6 Å². The number of methoxy groups -OCH3 is 2. The molecule has 0 radical (unpaired) electrons. The minimum Gasteiger partial charge on any atom is -0.494 e. The third kappa shape index (κ3) is 1.82. The maximum Gasteiger partial charge on any atom is 0.148 e. The molecule has 0 aliphatic carbocycles. The number of pyridine rings is 1. The molecule has 0 fully saturated rings. The smallest absolute Gasteiger partial charge is 0.148 e. The molecule has 0 amide bonds. The van der Waals surface area contributed by atoms with E-state index in [-0.39, 0.29) is 10.6 Å². The average molecular weight is 283 g/mol. The quantitative estimate of drug-likeness (QED) is 0.847. The zero-order valence-corrected chi connectivity index (χ0v) is 11.1. The lowest BCUT2D eigenvalue weighted by molar-refractivity contribution is 0.410. The Labute approximate surface area is 114 Å². The molecule has 92 valence electrons. The summed E-state index contributed by atoms with van der Waals surface area (Å²) in [6.07, 6.45) is 1.39. The number of nitriles is 1. The van der Waals surface area contributed by atoms with Gasteiger partial charge in [0, 0.05) is 12.3 Å². The van der Waals surface area contributed by atoms with Gasteiger partial charge in [0.1, 0.15) is 23.1 Å². The summed E-state index contributed by atoms with van der Waals surface area (Å²) in [5, 5.41) is 10.0. The van der Waals surface area contributed by atoms with Gasteiger partial charge >= 0.3 is 0 Å². The van der Waals surface area contributed by atoms with Gasteiger partial charge in [-0.1, -0.05) is 23.2 Å². The highest BCUT2D eigenvalue weighted by molar-refractivity contribution is 6.39. The molecule has 1 aromatic carbocycles. The number of halogens is 2. The Hall–Kier alpha value is -1.70. The first-order valence-corrected chi connectivity index (χ1v) is 5.68. The van der Waals surface area contributed by atoms with Crippen molar-refractivity contribution in [3.05, 3.63) is 27.9 Å². The third-order valence-electron chi connectivity index (χ3n) is 2.50. The van der Waals surface area contributed by atoms with Gasteiger partial charge < -0.3 is 9.47 Å². The standard InChI is InChI=1S/C12H8Cl2N2O2/c1-17-8-3-7(13)12(18-2)9-10(14)6(4-15)5-16-11(8)9/h3,5H,1-2H3. The molecule has 0 N–H and O–H groups in total. The molecule has 0 spiro atoms. The molecule has 4 nitrogen and oxygen atoms in total. The number of hydrogen-bond donors (Lipinski definition) is 0. The summed E-state index contributed by atoms with van der Waals surface area (Å²) in [6.45, 7) is 0. The zero-order chi connectivity index (χ0) is 13.3. The van der Waals surface area contributed by atoms with Crippen LogP contribution in [-0.2, 0) is 0 Å². The van der Waals surface area contributed by atoms with Crippen molar-refractivity contribution < 1.29 is 9.47 Å². The van der Waals surface area contributed by atoms with E-state index in [0.29, 0.717) is 27.4 Å². The van der Waals surface area contributed by atoms with Crippen LogP contribution in [0.1, 0.15) is 5.56 Å². The number of ether oxygens (including phenoxy) is 2. The summed E-state index contributed by atoms with van der Waals surface area (Å²) >= 11 is 12.3. The van der Waals surface area contributed by atoms with Gasteiger partial charge in [-0.3, -0.25) is 4.98 Å². The summed E-state index contributed by atoms with van der Waals surface area (Å²) in [6, 6.07) is 3.56. The Morgan fingerprint density at radius 3 is 2.56 bits per heavy atom. The van der Waals surface area contributed by atoms with Gasteiger partial charge in [-0.05, 0) is 0 Å². The Balaban J connectivity index is 3.00. The molecule has 2 rings (SSSR count). The number of aromatic nitrogens is 1. The molecule has 0 atom stereocenters. The lowest BCUT2D eigenvalue weighted by Crippen LogP contribution is -1.95. The molecule has 0 bridgehead atoms. The monoisotopic (exact) mass is 282 g/mol. The van der Waals surface area contributed by atoms with Crippen molar-refractivity contribution in [2.45, 2.75) is 0 Å². The lowest BCUT2D eigenvalue weighted by Gasteiger charge is -2.12. The van der Waals surface area contributed by atoms with Gasteiger partial charge in [0.05, 0.1) is 35.2 Å². The zero-order valence-electron chi connectivity index (χ0n) is 9.62. The Morgan fingerprint density at radius 1 is 1.28 bits per heavy atom. The Morgan fingerprint density at radius 2 is 2.00 bits per heavy atom.